The smallest absolute Gasteiger partial charge is 0.318 e. The Bertz CT molecular complexity index is 1400. The molecule has 3 aromatic rings. The number of ether oxygens (including phenoxy) is 1. The summed E-state index contributed by atoms with van der Waals surface area (Å²) < 4.78 is 7.47. The van der Waals surface area contributed by atoms with Crippen LogP contribution in [0.3, 0.4) is 0 Å². The number of likely N-dealkylation sites (tertiary alicyclic amines) is 1. The van der Waals surface area contributed by atoms with Gasteiger partial charge in [-0.15, -0.1) is 0 Å². The summed E-state index contributed by atoms with van der Waals surface area (Å²) in [6, 6.07) is 18.4. The summed E-state index contributed by atoms with van der Waals surface area (Å²) in [5.41, 5.74) is 6.08. The fraction of sp³-hybridized carbons (Fsp3) is 0.387. The Kier molecular flexibility index (Phi) is 6.09. The van der Waals surface area contributed by atoms with Gasteiger partial charge in [-0.1, -0.05) is 30.3 Å². The van der Waals surface area contributed by atoms with Gasteiger partial charge in [-0.2, -0.15) is 5.10 Å². The van der Waals surface area contributed by atoms with Crippen LogP contribution in [0.25, 0.3) is 11.6 Å². The van der Waals surface area contributed by atoms with Crippen molar-refractivity contribution in [2.24, 2.45) is 4.99 Å². The molecule has 1 saturated carbocycles. The van der Waals surface area contributed by atoms with Gasteiger partial charge >= 0.3 is 6.03 Å². The van der Waals surface area contributed by atoms with Crippen LogP contribution in [0.4, 0.5) is 10.5 Å². The van der Waals surface area contributed by atoms with E-state index >= 15 is 0 Å². The van der Waals surface area contributed by atoms with E-state index in [0.29, 0.717) is 0 Å². The summed E-state index contributed by atoms with van der Waals surface area (Å²) in [6.07, 6.45) is 7.17. The molecule has 0 bridgehead atoms. The number of fused-ring (bicyclic) bond motifs is 2. The van der Waals surface area contributed by atoms with Gasteiger partial charge in [-0.25, -0.2) is 4.79 Å². The predicted octanol–water partition coefficient (Wildman–Crippen LogP) is 5.92. The molecule has 3 aliphatic rings. The fourth-order valence-corrected chi connectivity index (χ4v) is 6.38. The van der Waals surface area contributed by atoms with Crippen LogP contribution in [0.1, 0.15) is 61.5 Å². The Morgan fingerprint density at radius 2 is 1.87 bits per heavy atom. The molecule has 1 unspecified atom stereocenters. The van der Waals surface area contributed by atoms with Gasteiger partial charge in [0.25, 0.3) is 0 Å². The van der Waals surface area contributed by atoms with E-state index in [0.717, 1.165) is 85.6 Å². The third-order valence-corrected chi connectivity index (χ3v) is 8.85. The van der Waals surface area contributed by atoms with Crippen LogP contribution in [0.2, 0.25) is 0 Å². The van der Waals surface area contributed by atoms with Crippen molar-refractivity contribution in [1.82, 2.24) is 20.0 Å². The molecule has 2 aliphatic heterocycles. The Labute approximate surface area is 224 Å². The quantitative estimate of drug-likeness (QED) is 0.419. The van der Waals surface area contributed by atoms with E-state index in [1.165, 1.54) is 5.69 Å². The van der Waals surface area contributed by atoms with Crippen LogP contribution >= 0.6 is 0 Å². The maximum Gasteiger partial charge on any atom is 0.318 e. The zero-order valence-electron chi connectivity index (χ0n) is 22.2. The molecule has 2 fully saturated rings. The molecule has 1 atom stereocenters. The number of hydrogen-bond acceptors (Lipinski definition) is 4. The molecule has 2 amide bonds. The van der Waals surface area contributed by atoms with Gasteiger partial charge < -0.3 is 15.0 Å². The van der Waals surface area contributed by atoms with Crippen molar-refractivity contribution in [3.8, 4) is 5.75 Å². The van der Waals surface area contributed by atoms with E-state index in [1.54, 1.807) is 7.11 Å². The van der Waals surface area contributed by atoms with E-state index < -0.39 is 0 Å². The van der Waals surface area contributed by atoms with E-state index in [4.69, 9.17) is 9.84 Å². The average molecular weight is 510 g/mol. The lowest BCUT2D eigenvalue weighted by molar-refractivity contribution is 0.154. The molecule has 1 spiro atoms. The first-order chi connectivity index (χ1) is 18.4. The Balaban J connectivity index is 1.18. The van der Waals surface area contributed by atoms with E-state index in [-0.39, 0.29) is 17.0 Å². The molecular weight excluding hydrogens is 474 g/mol. The zero-order valence-corrected chi connectivity index (χ0v) is 22.2. The fourth-order valence-electron chi connectivity index (χ4n) is 6.38. The summed E-state index contributed by atoms with van der Waals surface area (Å²) in [5.74, 6) is 0.833. The van der Waals surface area contributed by atoms with Crippen molar-refractivity contribution in [3.05, 3.63) is 77.1 Å². The summed E-state index contributed by atoms with van der Waals surface area (Å²) in [4.78, 5) is 19.7. The number of rotatable bonds is 6. The van der Waals surface area contributed by atoms with Crippen molar-refractivity contribution < 1.29 is 9.53 Å². The van der Waals surface area contributed by atoms with E-state index in [1.807, 2.05) is 41.3 Å². The predicted molar refractivity (Wildman–Crippen MR) is 151 cm³/mol. The maximum atomic E-state index is 13.5. The molecule has 1 aromatic heterocycles. The molecule has 196 valence electrons. The summed E-state index contributed by atoms with van der Waals surface area (Å²) in [7, 11) is 1.67. The lowest BCUT2D eigenvalue weighted by Crippen LogP contribution is -2.54. The zero-order chi connectivity index (χ0) is 26.3. The van der Waals surface area contributed by atoms with Gasteiger partial charge in [0.1, 0.15) is 5.75 Å². The molecule has 7 nitrogen and oxygen atoms in total. The minimum absolute atomic E-state index is 0.0314. The van der Waals surface area contributed by atoms with Crippen LogP contribution in [-0.2, 0) is 17.5 Å². The van der Waals surface area contributed by atoms with Gasteiger partial charge in [0.2, 0.25) is 0 Å². The minimum atomic E-state index is -0.276. The summed E-state index contributed by atoms with van der Waals surface area (Å²) in [5, 5.41) is 8.36. The van der Waals surface area contributed by atoms with Gasteiger partial charge in [-0.05, 0) is 87.2 Å². The number of benzene rings is 2. The Morgan fingerprint density at radius 3 is 2.58 bits per heavy atom. The largest absolute Gasteiger partial charge is 0.497 e. The first kappa shape index (κ1) is 24.5. The van der Waals surface area contributed by atoms with Crippen LogP contribution in [0, 0.1) is 0 Å². The number of carbonyl (C=O) groups is 1. The number of aromatic nitrogens is 2. The van der Waals surface area contributed by atoms with Crippen molar-refractivity contribution >= 4 is 30.1 Å². The molecule has 38 heavy (non-hydrogen) atoms. The van der Waals surface area contributed by atoms with Crippen LogP contribution < -0.4 is 10.1 Å². The Hall–Kier alpha value is -3.87. The number of carbonyl (C=O) groups excluding carboxylic acids is 1. The lowest BCUT2D eigenvalue weighted by atomic mass is 9.72. The molecule has 7 heteroatoms. The van der Waals surface area contributed by atoms with Gasteiger partial charge in [-0.3, -0.25) is 9.67 Å². The molecule has 1 aliphatic carbocycles. The first-order valence-electron chi connectivity index (χ1n) is 13.5. The minimum Gasteiger partial charge on any atom is -0.497 e. The average Bonchev–Trinajstić information content (AvgIpc) is 3.63. The number of nitrogens with one attached hydrogen (secondary N) is 1. The highest BCUT2D eigenvalue weighted by atomic mass is 16.5. The SMILES string of the molecule is C=Nc1ccccc1/C=C(\C)c1cc2n(n1)CCC21CCN(C(=O)NC2(c3ccc(OC)cc3)CCC2)C1. The lowest BCUT2D eigenvalue weighted by Gasteiger charge is -2.44. The molecule has 3 heterocycles. The number of nitrogens with zero attached hydrogens (tertiary/aromatic N) is 4. The Morgan fingerprint density at radius 1 is 1.11 bits per heavy atom. The van der Waals surface area contributed by atoms with Crippen LogP contribution in [0.5, 0.6) is 5.75 Å². The topological polar surface area (TPSA) is 71.8 Å². The highest BCUT2D eigenvalue weighted by Crippen LogP contribution is 2.45. The second-order valence-corrected chi connectivity index (χ2v) is 11.0. The molecule has 0 radical (unpaired) electrons. The third-order valence-electron chi connectivity index (χ3n) is 8.85. The number of aliphatic imine (C=N–C) groups is 1. The second kappa shape index (κ2) is 9.46. The number of hydrogen-bond donors (Lipinski definition) is 1. The van der Waals surface area contributed by atoms with Gasteiger partial charge in [0, 0.05) is 36.3 Å². The number of aryl methyl sites for hydroxylation is 1. The van der Waals surface area contributed by atoms with Crippen molar-refractivity contribution in [2.45, 2.75) is 56.5 Å². The molecule has 2 aromatic carbocycles. The number of amides is 2. The third kappa shape index (κ3) is 4.10. The monoisotopic (exact) mass is 509 g/mol. The summed E-state index contributed by atoms with van der Waals surface area (Å²) in [6.45, 7) is 8.17. The molecular formula is C31H35N5O2. The molecule has 1 N–H and O–H groups in total. The second-order valence-electron chi connectivity index (χ2n) is 11.0. The number of urea groups is 1. The number of para-hydroxylation sites is 1. The number of allylic oxidation sites excluding steroid dienone is 1. The van der Waals surface area contributed by atoms with E-state index in [2.05, 4.69) is 52.9 Å². The highest BCUT2D eigenvalue weighted by molar-refractivity contribution is 5.83. The molecule has 1 saturated heterocycles. The van der Waals surface area contributed by atoms with Gasteiger partial charge in [0.05, 0.1) is 24.0 Å². The number of methoxy groups -OCH3 is 1. The van der Waals surface area contributed by atoms with Crippen molar-refractivity contribution in [3.63, 3.8) is 0 Å². The standard InChI is InChI=1S/C31H35N5O2/c1-22(19-23-7-4-5-8-26(23)32-2)27-20-28-30(16-18-36(28)34-27)15-17-35(21-30)29(37)33-31(13-6-14-31)24-9-11-25(38-3)12-10-24/h4-5,7-12,19-20H,2,6,13-18,21H2,1,3H3,(H,33,37)/b22-19+. The van der Waals surface area contributed by atoms with Crippen LogP contribution in [-0.4, -0.2) is 47.6 Å². The molecule has 6 rings (SSSR count). The summed E-state index contributed by atoms with van der Waals surface area (Å²) >= 11 is 0. The first-order valence-corrected chi connectivity index (χ1v) is 13.5. The maximum absolute atomic E-state index is 13.5. The van der Waals surface area contributed by atoms with Crippen LogP contribution in [0.15, 0.2) is 59.6 Å². The highest BCUT2D eigenvalue weighted by Gasteiger charge is 2.48. The van der Waals surface area contributed by atoms with Gasteiger partial charge in [0.15, 0.2) is 0 Å². The van der Waals surface area contributed by atoms with Crippen molar-refractivity contribution in [2.75, 3.05) is 20.2 Å². The normalized spacial score (nSPS) is 21.7. The van der Waals surface area contributed by atoms with Crippen molar-refractivity contribution in [1.29, 1.82) is 0 Å². The van der Waals surface area contributed by atoms with E-state index in [9.17, 15) is 4.79 Å².